The van der Waals surface area contributed by atoms with Gasteiger partial charge in [-0.15, -0.1) is 11.3 Å². The molecule has 0 bridgehead atoms. The van der Waals surface area contributed by atoms with Crippen LogP contribution in [0.1, 0.15) is 30.6 Å². The summed E-state index contributed by atoms with van der Waals surface area (Å²) in [7, 11) is 0. The first-order valence-electron chi connectivity index (χ1n) is 5.98. The number of aliphatic hydroxyl groups is 1. The number of benzene rings is 1. The minimum atomic E-state index is -0.690. The van der Waals surface area contributed by atoms with E-state index in [4.69, 9.17) is 4.74 Å². The average Bonchev–Trinajstić information content (AvgIpc) is 2.75. The molecular weight excluding hydrogens is 392 g/mol. The van der Waals surface area contributed by atoms with Gasteiger partial charge in [-0.2, -0.15) is 0 Å². The number of thiophene rings is 1. The minimum absolute atomic E-state index is 0.651. The van der Waals surface area contributed by atoms with E-state index >= 15 is 0 Å². The van der Waals surface area contributed by atoms with Crippen LogP contribution in [0.15, 0.2) is 37.9 Å². The highest BCUT2D eigenvalue weighted by atomic mass is 79.9. The number of rotatable bonds is 5. The van der Waals surface area contributed by atoms with E-state index in [0.29, 0.717) is 6.61 Å². The molecule has 0 fully saturated rings. The highest BCUT2D eigenvalue weighted by Gasteiger charge is 2.19. The Balaban J connectivity index is 2.32. The SMILES string of the molecule is CCCOc1ccccc1C(O)c1cc(Br)sc1Br. The minimum Gasteiger partial charge on any atom is -0.493 e. The highest BCUT2D eigenvalue weighted by molar-refractivity contribution is 9.12. The molecule has 0 amide bonds. The van der Waals surface area contributed by atoms with Crippen molar-refractivity contribution in [3.05, 3.63) is 49.0 Å². The molecule has 2 rings (SSSR count). The molecule has 0 saturated heterocycles. The van der Waals surface area contributed by atoms with Gasteiger partial charge in [-0.05, 0) is 50.4 Å². The lowest BCUT2D eigenvalue weighted by atomic mass is 10.0. The first-order valence-corrected chi connectivity index (χ1v) is 8.38. The Bertz CT molecular complexity index is 554. The molecule has 1 aromatic carbocycles. The summed E-state index contributed by atoms with van der Waals surface area (Å²) in [6, 6.07) is 9.54. The van der Waals surface area contributed by atoms with Crippen LogP contribution in [0, 0.1) is 0 Å². The summed E-state index contributed by atoms with van der Waals surface area (Å²) in [6.45, 7) is 2.71. The molecule has 0 saturated carbocycles. The summed E-state index contributed by atoms with van der Waals surface area (Å²) in [5.74, 6) is 0.742. The Hall–Kier alpha value is -0.360. The predicted molar refractivity (Wildman–Crippen MR) is 86.0 cm³/mol. The van der Waals surface area contributed by atoms with Crippen LogP contribution >= 0.6 is 43.2 Å². The van der Waals surface area contributed by atoms with Crippen molar-refractivity contribution in [1.29, 1.82) is 0 Å². The van der Waals surface area contributed by atoms with E-state index < -0.39 is 6.10 Å². The molecule has 0 radical (unpaired) electrons. The fourth-order valence-electron chi connectivity index (χ4n) is 1.76. The number of halogens is 2. The first-order chi connectivity index (χ1) is 9.13. The third kappa shape index (κ3) is 3.60. The van der Waals surface area contributed by atoms with E-state index in [-0.39, 0.29) is 0 Å². The monoisotopic (exact) mass is 404 g/mol. The zero-order valence-corrected chi connectivity index (χ0v) is 14.4. The van der Waals surface area contributed by atoms with Crippen LogP contribution in [-0.4, -0.2) is 11.7 Å². The molecule has 1 atom stereocenters. The van der Waals surface area contributed by atoms with Crippen molar-refractivity contribution in [2.75, 3.05) is 6.61 Å². The molecule has 1 heterocycles. The van der Waals surface area contributed by atoms with Crippen molar-refractivity contribution >= 4 is 43.2 Å². The normalized spacial score (nSPS) is 12.4. The second kappa shape index (κ2) is 6.88. The lowest BCUT2D eigenvalue weighted by Crippen LogP contribution is -2.04. The number of ether oxygens (including phenoxy) is 1. The molecule has 0 aliphatic carbocycles. The summed E-state index contributed by atoms with van der Waals surface area (Å²) < 4.78 is 7.61. The molecule has 0 aliphatic rings. The van der Waals surface area contributed by atoms with Crippen LogP contribution in [0.4, 0.5) is 0 Å². The van der Waals surface area contributed by atoms with E-state index in [2.05, 4.69) is 38.8 Å². The zero-order chi connectivity index (χ0) is 13.8. The van der Waals surface area contributed by atoms with E-state index in [9.17, 15) is 5.11 Å². The summed E-state index contributed by atoms with van der Waals surface area (Å²) >= 11 is 8.46. The highest BCUT2D eigenvalue weighted by Crippen LogP contribution is 2.39. The maximum Gasteiger partial charge on any atom is 0.125 e. The van der Waals surface area contributed by atoms with Crippen LogP contribution in [0.3, 0.4) is 0 Å². The van der Waals surface area contributed by atoms with Crippen molar-refractivity contribution in [3.8, 4) is 5.75 Å². The van der Waals surface area contributed by atoms with Gasteiger partial charge < -0.3 is 9.84 Å². The summed E-state index contributed by atoms with van der Waals surface area (Å²) in [6.07, 6.45) is 0.253. The fourth-order valence-corrected chi connectivity index (χ4v) is 4.64. The number of aliphatic hydroxyl groups excluding tert-OH is 1. The first kappa shape index (κ1) is 15.0. The van der Waals surface area contributed by atoms with E-state index in [1.165, 1.54) is 0 Å². The van der Waals surface area contributed by atoms with Gasteiger partial charge >= 0.3 is 0 Å². The Morgan fingerprint density at radius 3 is 2.63 bits per heavy atom. The largest absolute Gasteiger partial charge is 0.493 e. The molecule has 2 aromatic rings. The number of hydrogen-bond donors (Lipinski definition) is 1. The van der Waals surface area contributed by atoms with Gasteiger partial charge in [-0.1, -0.05) is 25.1 Å². The Labute approximate surface area is 133 Å². The number of hydrogen-bond acceptors (Lipinski definition) is 3. The summed E-state index contributed by atoms with van der Waals surface area (Å²) in [5.41, 5.74) is 1.64. The van der Waals surface area contributed by atoms with E-state index in [1.54, 1.807) is 11.3 Å². The molecule has 102 valence electrons. The van der Waals surface area contributed by atoms with Crippen molar-refractivity contribution in [2.45, 2.75) is 19.4 Å². The van der Waals surface area contributed by atoms with Crippen LogP contribution in [0.5, 0.6) is 5.75 Å². The fraction of sp³-hybridized carbons (Fsp3) is 0.286. The predicted octanol–water partition coefficient (Wildman–Crippen LogP) is 5.14. The Kier molecular flexibility index (Phi) is 5.45. The molecule has 2 nitrogen and oxygen atoms in total. The second-order valence-corrected chi connectivity index (χ2v) is 7.82. The number of para-hydroxylation sites is 1. The molecule has 1 unspecified atom stereocenters. The van der Waals surface area contributed by atoms with Crippen LogP contribution in [0.25, 0.3) is 0 Å². The summed E-state index contributed by atoms with van der Waals surface area (Å²) in [5, 5.41) is 10.5. The van der Waals surface area contributed by atoms with Gasteiger partial charge in [0.25, 0.3) is 0 Å². The summed E-state index contributed by atoms with van der Waals surface area (Å²) in [4.78, 5) is 0. The molecule has 1 N–H and O–H groups in total. The zero-order valence-electron chi connectivity index (χ0n) is 10.4. The lowest BCUT2D eigenvalue weighted by molar-refractivity contribution is 0.210. The van der Waals surface area contributed by atoms with Gasteiger partial charge in [-0.3, -0.25) is 0 Å². The third-order valence-electron chi connectivity index (χ3n) is 2.65. The standard InChI is InChI=1S/C14H14Br2O2S/c1-2-7-18-11-6-4-3-5-9(11)13(17)10-8-12(15)19-14(10)16/h3-6,8,13,17H,2,7H2,1H3. The average molecular weight is 406 g/mol. The molecule has 0 spiro atoms. The topological polar surface area (TPSA) is 29.5 Å². The van der Waals surface area contributed by atoms with Crippen LogP contribution < -0.4 is 4.74 Å². The molecule has 5 heteroatoms. The lowest BCUT2D eigenvalue weighted by Gasteiger charge is -2.15. The van der Waals surface area contributed by atoms with Crippen LogP contribution in [0.2, 0.25) is 0 Å². The molecular formula is C14H14Br2O2S. The molecule has 19 heavy (non-hydrogen) atoms. The second-order valence-electron chi connectivity index (χ2n) is 4.07. The van der Waals surface area contributed by atoms with Crippen molar-refractivity contribution < 1.29 is 9.84 Å². The Morgan fingerprint density at radius 2 is 2.00 bits per heavy atom. The maximum atomic E-state index is 10.5. The van der Waals surface area contributed by atoms with Gasteiger partial charge in [0, 0.05) is 11.1 Å². The third-order valence-corrected chi connectivity index (χ3v) is 5.04. The van der Waals surface area contributed by atoms with E-state index in [0.717, 1.165) is 30.9 Å². The molecule has 1 aromatic heterocycles. The maximum absolute atomic E-state index is 10.5. The van der Waals surface area contributed by atoms with Gasteiger partial charge in [-0.25, -0.2) is 0 Å². The smallest absolute Gasteiger partial charge is 0.125 e. The van der Waals surface area contributed by atoms with Crippen molar-refractivity contribution in [3.63, 3.8) is 0 Å². The van der Waals surface area contributed by atoms with Gasteiger partial charge in [0.05, 0.1) is 14.2 Å². The van der Waals surface area contributed by atoms with Gasteiger partial charge in [0.15, 0.2) is 0 Å². The van der Waals surface area contributed by atoms with Crippen molar-refractivity contribution in [1.82, 2.24) is 0 Å². The Morgan fingerprint density at radius 1 is 1.26 bits per heavy atom. The molecule has 0 aliphatic heterocycles. The van der Waals surface area contributed by atoms with Crippen molar-refractivity contribution in [2.24, 2.45) is 0 Å². The van der Waals surface area contributed by atoms with Crippen LogP contribution in [-0.2, 0) is 0 Å². The van der Waals surface area contributed by atoms with E-state index in [1.807, 2.05) is 30.3 Å². The van der Waals surface area contributed by atoms with Gasteiger partial charge in [0.2, 0.25) is 0 Å². The quantitative estimate of drug-likeness (QED) is 0.745. The van der Waals surface area contributed by atoms with Gasteiger partial charge in [0.1, 0.15) is 11.9 Å².